The SMILES string of the molecule is CCOc1ccc(OCc2ccc(-c3nc4c5ccccc5ncn4n3)o2)cc1. The fourth-order valence-electron chi connectivity index (χ4n) is 3.11. The number of furan rings is 1. The van der Waals surface area contributed by atoms with Gasteiger partial charge < -0.3 is 13.9 Å². The van der Waals surface area contributed by atoms with E-state index in [-0.39, 0.29) is 0 Å². The molecular formula is C22H18N4O3. The molecule has 7 heteroatoms. The molecule has 0 atom stereocenters. The maximum atomic E-state index is 5.89. The Balaban J connectivity index is 1.35. The van der Waals surface area contributed by atoms with E-state index in [1.165, 1.54) is 0 Å². The molecular weight excluding hydrogens is 368 g/mol. The van der Waals surface area contributed by atoms with E-state index in [4.69, 9.17) is 13.9 Å². The monoisotopic (exact) mass is 386 g/mol. The molecule has 3 aromatic heterocycles. The van der Waals surface area contributed by atoms with Gasteiger partial charge in [0.25, 0.3) is 0 Å². The van der Waals surface area contributed by atoms with Crippen LogP contribution in [0.15, 0.2) is 71.4 Å². The van der Waals surface area contributed by atoms with E-state index in [0.29, 0.717) is 30.6 Å². The van der Waals surface area contributed by atoms with E-state index in [9.17, 15) is 0 Å². The van der Waals surface area contributed by atoms with Crippen LogP contribution in [0.5, 0.6) is 11.5 Å². The van der Waals surface area contributed by atoms with Gasteiger partial charge in [0.15, 0.2) is 11.4 Å². The fourth-order valence-corrected chi connectivity index (χ4v) is 3.11. The van der Waals surface area contributed by atoms with Crippen molar-refractivity contribution in [2.75, 3.05) is 6.61 Å². The van der Waals surface area contributed by atoms with Gasteiger partial charge in [0.05, 0.1) is 12.1 Å². The first-order chi connectivity index (χ1) is 14.3. The van der Waals surface area contributed by atoms with Crippen molar-refractivity contribution in [1.82, 2.24) is 19.6 Å². The summed E-state index contributed by atoms with van der Waals surface area (Å²) in [6.45, 7) is 2.90. The molecule has 0 radical (unpaired) electrons. The van der Waals surface area contributed by atoms with Gasteiger partial charge in [-0.15, -0.1) is 5.10 Å². The quantitative estimate of drug-likeness (QED) is 0.427. The molecule has 5 rings (SSSR count). The first-order valence-electron chi connectivity index (χ1n) is 9.35. The van der Waals surface area contributed by atoms with Crippen LogP contribution in [0.3, 0.4) is 0 Å². The summed E-state index contributed by atoms with van der Waals surface area (Å²) in [7, 11) is 0. The Hall–Kier alpha value is -3.87. The molecule has 144 valence electrons. The van der Waals surface area contributed by atoms with Gasteiger partial charge in [-0.1, -0.05) is 12.1 Å². The molecule has 0 fully saturated rings. The van der Waals surface area contributed by atoms with E-state index in [1.54, 1.807) is 10.8 Å². The summed E-state index contributed by atoms with van der Waals surface area (Å²) in [6, 6.07) is 19.1. The first-order valence-corrected chi connectivity index (χ1v) is 9.35. The van der Waals surface area contributed by atoms with Crippen molar-refractivity contribution in [3.63, 3.8) is 0 Å². The molecule has 3 heterocycles. The second-order valence-electron chi connectivity index (χ2n) is 6.42. The zero-order chi connectivity index (χ0) is 19.6. The van der Waals surface area contributed by atoms with Gasteiger partial charge >= 0.3 is 0 Å². The highest BCUT2D eigenvalue weighted by Gasteiger charge is 2.13. The molecule has 7 nitrogen and oxygen atoms in total. The van der Waals surface area contributed by atoms with E-state index in [2.05, 4.69) is 15.1 Å². The molecule has 0 saturated heterocycles. The number of para-hydroxylation sites is 1. The third-order valence-corrected chi connectivity index (χ3v) is 4.48. The van der Waals surface area contributed by atoms with Crippen molar-refractivity contribution in [2.45, 2.75) is 13.5 Å². The molecule has 0 saturated carbocycles. The Labute approximate surface area is 166 Å². The topological polar surface area (TPSA) is 74.7 Å². The summed E-state index contributed by atoms with van der Waals surface area (Å²) in [6.07, 6.45) is 1.66. The number of rotatable bonds is 6. The van der Waals surface area contributed by atoms with Crippen molar-refractivity contribution < 1.29 is 13.9 Å². The summed E-state index contributed by atoms with van der Waals surface area (Å²) in [5.74, 6) is 3.35. The second kappa shape index (κ2) is 7.27. The number of hydrogen-bond donors (Lipinski definition) is 0. The lowest BCUT2D eigenvalue weighted by Gasteiger charge is -2.06. The van der Waals surface area contributed by atoms with Gasteiger partial charge in [0.2, 0.25) is 5.82 Å². The summed E-state index contributed by atoms with van der Waals surface area (Å²) in [4.78, 5) is 9.04. The Morgan fingerprint density at radius 3 is 2.55 bits per heavy atom. The van der Waals surface area contributed by atoms with E-state index in [1.807, 2.05) is 67.6 Å². The molecule has 5 aromatic rings. The van der Waals surface area contributed by atoms with Gasteiger partial charge in [-0.3, -0.25) is 0 Å². The average Bonchev–Trinajstić information content (AvgIpc) is 3.40. The molecule has 0 bridgehead atoms. The summed E-state index contributed by atoms with van der Waals surface area (Å²) in [5.41, 5.74) is 1.62. The Morgan fingerprint density at radius 1 is 0.931 bits per heavy atom. The highest BCUT2D eigenvalue weighted by atomic mass is 16.5. The van der Waals surface area contributed by atoms with Crippen LogP contribution in [0.25, 0.3) is 28.1 Å². The molecule has 0 aliphatic carbocycles. The average molecular weight is 386 g/mol. The van der Waals surface area contributed by atoms with Crippen LogP contribution in [0.2, 0.25) is 0 Å². The van der Waals surface area contributed by atoms with Crippen molar-refractivity contribution in [3.8, 4) is 23.1 Å². The largest absolute Gasteiger partial charge is 0.494 e. The lowest BCUT2D eigenvalue weighted by molar-refractivity contribution is 0.271. The van der Waals surface area contributed by atoms with Gasteiger partial charge in [-0.05, 0) is 55.5 Å². The predicted octanol–water partition coefficient (Wildman–Crippen LogP) is 4.52. The van der Waals surface area contributed by atoms with E-state index >= 15 is 0 Å². The minimum atomic E-state index is 0.311. The normalized spacial score (nSPS) is 11.2. The predicted molar refractivity (Wildman–Crippen MR) is 108 cm³/mol. The minimum Gasteiger partial charge on any atom is -0.494 e. The van der Waals surface area contributed by atoms with Gasteiger partial charge in [0, 0.05) is 5.39 Å². The molecule has 0 unspecified atom stereocenters. The fraction of sp³-hybridized carbons (Fsp3) is 0.136. The number of aromatic nitrogens is 4. The van der Waals surface area contributed by atoms with Gasteiger partial charge in [-0.2, -0.15) is 0 Å². The van der Waals surface area contributed by atoms with Crippen LogP contribution in [-0.4, -0.2) is 26.2 Å². The maximum Gasteiger partial charge on any atom is 0.217 e. The van der Waals surface area contributed by atoms with E-state index < -0.39 is 0 Å². The van der Waals surface area contributed by atoms with Gasteiger partial charge in [0.1, 0.15) is 30.2 Å². The Morgan fingerprint density at radius 2 is 1.72 bits per heavy atom. The third kappa shape index (κ3) is 3.38. The number of nitrogens with zero attached hydrogens (tertiary/aromatic N) is 4. The standard InChI is InChI=1S/C22H18N4O3/c1-2-27-15-7-9-16(10-8-15)28-13-17-11-12-20(29-17)21-24-22-18-5-3-4-6-19(18)23-14-26(22)25-21/h3-12,14H,2,13H2,1H3. The van der Waals surface area contributed by atoms with E-state index in [0.717, 1.165) is 28.0 Å². The van der Waals surface area contributed by atoms with Crippen LogP contribution < -0.4 is 9.47 Å². The minimum absolute atomic E-state index is 0.311. The highest BCUT2D eigenvalue weighted by molar-refractivity contribution is 5.91. The maximum absolute atomic E-state index is 5.89. The zero-order valence-corrected chi connectivity index (χ0v) is 15.8. The van der Waals surface area contributed by atoms with Gasteiger partial charge in [-0.25, -0.2) is 14.5 Å². The Bertz CT molecular complexity index is 1270. The molecule has 29 heavy (non-hydrogen) atoms. The number of ether oxygens (including phenoxy) is 2. The summed E-state index contributed by atoms with van der Waals surface area (Å²) >= 11 is 0. The van der Waals surface area contributed by atoms with Crippen LogP contribution >= 0.6 is 0 Å². The lowest BCUT2D eigenvalue weighted by atomic mass is 10.2. The molecule has 0 aliphatic heterocycles. The van der Waals surface area contributed by atoms with Crippen molar-refractivity contribution >= 4 is 16.6 Å². The van der Waals surface area contributed by atoms with Crippen LogP contribution in [-0.2, 0) is 6.61 Å². The Kier molecular flexibility index (Phi) is 4.32. The third-order valence-electron chi connectivity index (χ3n) is 4.48. The summed E-state index contributed by atoms with van der Waals surface area (Å²) < 4.78 is 18.8. The van der Waals surface area contributed by atoms with Crippen LogP contribution in [0.4, 0.5) is 0 Å². The molecule has 0 N–H and O–H groups in total. The molecule has 0 spiro atoms. The van der Waals surface area contributed by atoms with Crippen LogP contribution in [0.1, 0.15) is 12.7 Å². The molecule has 0 aliphatic rings. The first kappa shape index (κ1) is 17.2. The number of fused-ring (bicyclic) bond motifs is 3. The molecule has 0 amide bonds. The lowest BCUT2D eigenvalue weighted by Crippen LogP contribution is -1.94. The smallest absolute Gasteiger partial charge is 0.217 e. The molecule has 2 aromatic carbocycles. The van der Waals surface area contributed by atoms with Crippen molar-refractivity contribution in [2.24, 2.45) is 0 Å². The number of hydrogen-bond acceptors (Lipinski definition) is 6. The second-order valence-corrected chi connectivity index (χ2v) is 6.42. The van der Waals surface area contributed by atoms with Crippen molar-refractivity contribution in [3.05, 3.63) is 72.8 Å². The summed E-state index contributed by atoms with van der Waals surface area (Å²) in [5, 5.41) is 5.43. The number of benzene rings is 2. The van der Waals surface area contributed by atoms with Crippen molar-refractivity contribution in [1.29, 1.82) is 0 Å². The highest BCUT2D eigenvalue weighted by Crippen LogP contribution is 2.24. The van der Waals surface area contributed by atoms with Crippen LogP contribution in [0, 0.1) is 0 Å². The zero-order valence-electron chi connectivity index (χ0n) is 15.8.